The van der Waals surface area contributed by atoms with Gasteiger partial charge in [-0.1, -0.05) is 18.2 Å². The lowest BCUT2D eigenvalue weighted by Gasteiger charge is -2.39. The summed E-state index contributed by atoms with van der Waals surface area (Å²) in [5.41, 5.74) is 0.226. The van der Waals surface area contributed by atoms with Gasteiger partial charge < -0.3 is 24.6 Å². The van der Waals surface area contributed by atoms with E-state index in [1.807, 2.05) is 49.1 Å². The van der Waals surface area contributed by atoms with Crippen LogP contribution in [-0.2, 0) is 14.3 Å². The first-order valence-electron chi connectivity index (χ1n) is 12.1. The van der Waals surface area contributed by atoms with E-state index in [0.29, 0.717) is 31.2 Å². The minimum absolute atomic E-state index is 0.0570. The predicted molar refractivity (Wildman–Crippen MR) is 132 cm³/mol. The first-order chi connectivity index (χ1) is 15.9. The van der Waals surface area contributed by atoms with E-state index in [4.69, 9.17) is 21.7 Å². The molecule has 3 rings (SSSR count). The highest BCUT2D eigenvalue weighted by atomic mass is 32.1. The maximum absolute atomic E-state index is 12.6. The molecular weight excluding hydrogens is 438 g/mol. The Morgan fingerprint density at radius 2 is 1.79 bits per heavy atom. The van der Waals surface area contributed by atoms with Crippen LogP contribution < -0.4 is 10.1 Å². The summed E-state index contributed by atoms with van der Waals surface area (Å²) in [4.78, 5) is 28.5. The number of carbonyl (C=O) groups excluding carboxylic acids is 2. The van der Waals surface area contributed by atoms with Crippen LogP contribution in [0.4, 0.5) is 0 Å². The van der Waals surface area contributed by atoms with Gasteiger partial charge in [0.15, 0.2) is 5.11 Å². The van der Waals surface area contributed by atoms with E-state index in [1.54, 1.807) is 0 Å². The highest BCUT2D eigenvalue weighted by molar-refractivity contribution is 7.80. The number of amides is 1. The summed E-state index contributed by atoms with van der Waals surface area (Å²) in [6.45, 7) is 8.17. The molecular formula is C25H37N3O4S. The smallest absolute Gasteiger partial charge is 0.307 e. The molecule has 0 radical (unpaired) electrons. The summed E-state index contributed by atoms with van der Waals surface area (Å²) in [6.07, 6.45) is 4.67. The lowest BCUT2D eigenvalue weighted by molar-refractivity contribution is -0.143. The summed E-state index contributed by atoms with van der Waals surface area (Å²) < 4.78 is 10.7. The number of esters is 1. The van der Waals surface area contributed by atoms with Gasteiger partial charge >= 0.3 is 5.97 Å². The monoisotopic (exact) mass is 475 g/mol. The average molecular weight is 476 g/mol. The number of likely N-dealkylation sites (tertiary alicyclic amines) is 2. The molecule has 2 aliphatic heterocycles. The number of ether oxygens (including phenoxy) is 2. The number of carbonyl (C=O) groups is 2. The van der Waals surface area contributed by atoms with Gasteiger partial charge in [-0.3, -0.25) is 9.59 Å². The Labute approximate surface area is 202 Å². The molecule has 2 saturated heterocycles. The quantitative estimate of drug-likeness (QED) is 0.334. The summed E-state index contributed by atoms with van der Waals surface area (Å²) in [6, 6.07) is 9.65. The van der Waals surface area contributed by atoms with Crippen LogP contribution in [0.15, 0.2) is 30.3 Å². The number of nitrogens with zero attached hydrogens (tertiary/aromatic N) is 2. The number of nitrogens with one attached hydrogen (secondary N) is 1. The highest BCUT2D eigenvalue weighted by Crippen LogP contribution is 2.40. The zero-order valence-electron chi connectivity index (χ0n) is 19.9. The van der Waals surface area contributed by atoms with E-state index in [-0.39, 0.29) is 23.3 Å². The fraction of sp³-hybridized carbons (Fsp3) is 0.640. The normalized spacial score (nSPS) is 18.1. The predicted octanol–water partition coefficient (Wildman–Crippen LogP) is 3.38. The third kappa shape index (κ3) is 7.59. The van der Waals surface area contributed by atoms with Crippen molar-refractivity contribution < 1.29 is 19.1 Å². The SMILES string of the molecule is CCOC(=O)CC(C)NC(=S)N1CCC2(CCN(C(=O)CCCOc3ccccc3)CC2)C1. The van der Waals surface area contributed by atoms with Crippen LogP contribution >= 0.6 is 12.2 Å². The van der Waals surface area contributed by atoms with Crippen molar-refractivity contribution in [3.63, 3.8) is 0 Å². The minimum Gasteiger partial charge on any atom is -0.494 e. The third-order valence-corrected chi connectivity index (χ3v) is 6.97. The molecule has 182 valence electrons. The van der Waals surface area contributed by atoms with Crippen LogP contribution in [0.2, 0.25) is 0 Å². The number of benzene rings is 1. The lowest BCUT2D eigenvalue weighted by Crippen LogP contribution is -2.47. The largest absolute Gasteiger partial charge is 0.494 e. The van der Waals surface area contributed by atoms with Gasteiger partial charge in [0.25, 0.3) is 0 Å². The van der Waals surface area contributed by atoms with E-state index in [0.717, 1.165) is 57.6 Å². The first-order valence-corrected chi connectivity index (χ1v) is 12.5. The molecule has 1 unspecified atom stereocenters. The zero-order valence-corrected chi connectivity index (χ0v) is 20.7. The number of rotatable bonds is 9. The molecule has 8 heteroatoms. The molecule has 1 spiro atoms. The molecule has 0 bridgehead atoms. The van der Waals surface area contributed by atoms with E-state index in [9.17, 15) is 9.59 Å². The van der Waals surface area contributed by atoms with Gasteiger partial charge in [0.05, 0.1) is 19.6 Å². The molecule has 1 N–H and O–H groups in total. The van der Waals surface area contributed by atoms with Crippen LogP contribution in [0.5, 0.6) is 5.75 Å². The van der Waals surface area contributed by atoms with Crippen molar-refractivity contribution in [1.82, 2.24) is 15.1 Å². The molecule has 0 aliphatic carbocycles. The summed E-state index contributed by atoms with van der Waals surface area (Å²) >= 11 is 5.61. The average Bonchev–Trinajstić information content (AvgIpc) is 3.21. The van der Waals surface area contributed by atoms with Crippen LogP contribution in [0.1, 0.15) is 52.4 Å². The number of thiocarbonyl (C=S) groups is 1. The van der Waals surface area contributed by atoms with Crippen molar-refractivity contribution in [3.8, 4) is 5.75 Å². The van der Waals surface area contributed by atoms with Crippen molar-refractivity contribution in [2.75, 3.05) is 39.4 Å². The van der Waals surface area contributed by atoms with Gasteiger partial charge in [-0.05, 0) is 69.3 Å². The van der Waals surface area contributed by atoms with E-state index in [1.165, 1.54) is 0 Å². The molecule has 1 atom stereocenters. The van der Waals surface area contributed by atoms with Gasteiger partial charge in [0.1, 0.15) is 5.75 Å². The van der Waals surface area contributed by atoms with E-state index < -0.39 is 0 Å². The Bertz CT molecular complexity index is 796. The minimum atomic E-state index is -0.207. The molecule has 1 aromatic carbocycles. The lowest BCUT2D eigenvalue weighted by atomic mass is 9.77. The fourth-order valence-corrected chi connectivity index (χ4v) is 5.02. The Morgan fingerprint density at radius 1 is 1.12 bits per heavy atom. The van der Waals surface area contributed by atoms with Gasteiger partial charge in [-0.2, -0.15) is 0 Å². The first kappa shape index (κ1) is 25.3. The molecule has 2 fully saturated rings. The maximum atomic E-state index is 12.6. The van der Waals surface area contributed by atoms with Crippen molar-refractivity contribution in [2.45, 2.75) is 58.4 Å². The zero-order chi connectivity index (χ0) is 23.7. The molecule has 2 heterocycles. The van der Waals surface area contributed by atoms with Crippen LogP contribution in [0, 0.1) is 5.41 Å². The van der Waals surface area contributed by atoms with Crippen LogP contribution in [-0.4, -0.2) is 72.2 Å². The van der Waals surface area contributed by atoms with Gasteiger partial charge in [0, 0.05) is 38.6 Å². The second-order valence-corrected chi connectivity index (χ2v) is 9.56. The third-order valence-electron chi connectivity index (χ3n) is 6.60. The molecule has 33 heavy (non-hydrogen) atoms. The van der Waals surface area contributed by atoms with E-state index in [2.05, 4.69) is 10.2 Å². The molecule has 1 aromatic rings. The van der Waals surface area contributed by atoms with Gasteiger partial charge in [0.2, 0.25) is 5.91 Å². The van der Waals surface area contributed by atoms with Crippen molar-refractivity contribution in [2.24, 2.45) is 5.41 Å². The second kappa shape index (κ2) is 12.2. The molecule has 0 saturated carbocycles. The Morgan fingerprint density at radius 3 is 2.45 bits per heavy atom. The van der Waals surface area contributed by atoms with Crippen LogP contribution in [0.25, 0.3) is 0 Å². The second-order valence-electron chi connectivity index (χ2n) is 9.18. The summed E-state index contributed by atoms with van der Waals surface area (Å²) in [7, 11) is 0. The topological polar surface area (TPSA) is 71.1 Å². The molecule has 1 amide bonds. The molecule has 7 nitrogen and oxygen atoms in total. The number of para-hydroxylation sites is 1. The maximum Gasteiger partial charge on any atom is 0.307 e. The summed E-state index contributed by atoms with van der Waals surface area (Å²) in [5.74, 6) is 0.863. The van der Waals surface area contributed by atoms with Gasteiger partial charge in [-0.25, -0.2) is 0 Å². The Kier molecular flexibility index (Phi) is 9.35. The number of hydrogen-bond acceptors (Lipinski definition) is 5. The van der Waals surface area contributed by atoms with Crippen molar-refractivity contribution in [1.29, 1.82) is 0 Å². The standard InChI is InChI=1S/C25H37N3O4S/c1-3-31-23(30)18-20(2)26-24(33)28-16-13-25(19-28)11-14-27(15-12-25)22(29)10-7-17-32-21-8-5-4-6-9-21/h4-6,8-9,20H,3,7,10-19H2,1-2H3,(H,26,33). The van der Waals surface area contributed by atoms with Crippen molar-refractivity contribution in [3.05, 3.63) is 30.3 Å². The van der Waals surface area contributed by atoms with Gasteiger partial charge in [-0.15, -0.1) is 0 Å². The van der Waals surface area contributed by atoms with Crippen molar-refractivity contribution >= 4 is 29.2 Å². The summed E-state index contributed by atoms with van der Waals surface area (Å²) in [5, 5.41) is 3.99. The fourth-order valence-electron chi connectivity index (χ4n) is 4.66. The Hall–Kier alpha value is -2.35. The number of piperidine rings is 1. The Balaban J connectivity index is 1.35. The van der Waals surface area contributed by atoms with E-state index >= 15 is 0 Å². The molecule has 2 aliphatic rings. The molecule has 0 aromatic heterocycles. The number of hydrogen-bond donors (Lipinski definition) is 1. The highest BCUT2D eigenvalue weighted by Gasteiger charge is 2.42. The van der Waals surface area contributed by atoms with Crippen LogP contribution in [0.3, 0.4) is 0 Å².